The summed E-state index contributed by atoms with van der Waals surface area (Å²) in [4.78, 5) is 24.2. The van der Waals surface area contributed by atoms with E-state index in [1.165, 1.54) is 0 Å². The molecule has 25 heavy (non-hydrogen) atoms. The van der Waals surface area contributed by atoms with Gasteiger partial charge in [0.15, 0.2) is 0 Å². The van der Waals surface area contributed by atoms with Crippen LogP contribution in [-0.2, 0) is 11.8 Å². The average Bonchev–Trinajstić information content (AvgIpc) is 2.95. The minimum atomic E-state index is -1.04. The van der Waals surface area contributed by atoms with E-state index in [1.807, 2.05) is 6.92 Å². The summed E-state index contributed by atoms with van der Waals surface area (Å²) < 4.78 is 12.4. The molecule has 0 saturated heterocycles. The topological polar surface area (TPSA) is 89.8 Å². The molecule has 0 aliphatic heterocycles. The van der Waals surface area contributed by atoms with Gasteiger partial charge < -0.3 is 24.5 Å². The third-order valence-electron chi connectivity index (χ3n) is 4.56. The number of rotatable bonds is 7. The predicted molar refractivity (Wildman–Crippen MR) is 94.4 cm³/mol. The Morgan fingerprint density at radius 1 is 1.24 bits per heavy atom. The Bertz CT molecular complexity index is 796. The van der Waals surface area contributed by atoms with Gasteiger partial charge in [-0.3, -0.25) is 4.79 Å². The van der Waals surface area contributed by atoms with Crippen LogP contribution in [0.3, 0.4) is 0 Å². The van der Waals surface area contributed by atoms with Gasteiger partial charge in [0.1, 0.15) is 23.2 Å². The number of carboxylic acids is 1. The minimum Gasteiger partial charge on any atom is -0.496 e. The van der Waals surface area contributed by atoms with Crippen LogP contribution in [0.4, 0.5) is 0 Å². The van der Waals surface area contributed by atoms with Gasteiger partial charge in [0.25, 0.3) is 5.91 Å². The summed E-state index contributed by atoms with van der Waals surface area (Å²) in [6.07, 6.45) is 0.647. The maximum atomic E-state index is 12.7. The monoisotopic (exact) mass is 348 g/mol. The quantitative estimate of drug-likeness (QED) is 0.802. The third kappa shape index (κ3) is 3.40. The number of aryl methyl sites for hydroxylation is 1. The van der Waals surface area contributed by atoms with Crippen LogP contribution in [0, 0.1) is 5.92 Å². The number of aliphatic carboxylic acids is 1. The van der Waals surface area contributed by atoms with Crippen molar-refractivity contribution in [3.8, 4) is 11.5 Å². The number of carbonyl (C=O) groups is 2. The molecule has 7 heteroatoms. The highest BCUT2D eigenvalue weighted by atomic mass is 16.5. The molecule has 1 amide bonds. The first-order valence-corrected chi connectivity index (χ1v) is 8.09. The number of nitrogens with one attached hydrogen (secondary N) is 1. The molecule has 0 radical (unpaired) electrons. The van der Waals surface area contributed by atoms with E-state index in [4.69, 9.17) is 9.47 Å². The lowest BCUT2D eigenvalue weighted by molar-refractivity contribution is -0.140. The number of nitrogens with zero attached hydrogens (tertiary/aromatic N) is 1. The van der Waals surface area contributed by atoms with E-state index in [-0.39, 0.29) is 5.92 Å². The Kier molecular flexibility index (Phi) is 5.56. The standard InChI is InChI=1S/C18H24N2O5/c1-6-10(2)15(18(22)23)19-17(21)12-9-11-13(24-4)7-8-14(25-5)16(11)20(12)3/h7-10,15H,6H2,1-5H3,(H,19,21)(H,22,23)/t10-,15-/m0/s1. The number of ether oxygens (including phenoxy) is 2. The number of fused-ring (bicyclic) bond motifs is 1. The fraction of sp³-hybridized carbons (Fsp3) is 0.444. The maximum absolute atomic E-state index is 12.7. The summed E-state index contributed by atoms with van der Waals surface area (Å²) in [6.45, 7) is 3.69. The Morgan fingerprint density at radius 2 is 1.84 bits per heavy atom. The van der Waals surface area contributed by atoms with Crippen molar-refractivity contribution in [1.29, 1.82) is 0 Å². The van der Waals surface area contributed by atoms with Gasteiger partial charge in [-0.15, -0.1) is 0 Å². The molecule has 2 aromatic rings. The lowest BCUT2D eigenvalue weighted by atomic mass is 9.99. The SMILES string of the molecule is CC[C@H](C)[C@H](NC(=O)c1cc2c(OC)ccc(OC)c2n1C)C(=O)O. The predicted octanol–water partition coefficient (Wildman–Crippen LogP) is 2.42. The van der Waals surface area contributed by atoms with Gasteiger partial charge in [-0.2, -0.15) is 0 Å². The van der Waals surface area contributed by atoms with E-state index in [0.29, 0.717) is 29.1 Å². The highest BCUT2D eigenvalue weighted by Crippen LogP contribution is 2.35. The highest BCUT2D eigenvalue weighted by molar-refractivity contribution is 6.03. The van der Waals surface area contributed by atoms with E-state index in [9.17, 15) is 14.7 Å². The Balaban J connectivity index is 2.48. The van der Waals surface area contributed by atoms with Crippen molar-refractivity contribution in [3.63, 3.8) is 0 Å². The fourth-order valence-electron chi connectivity index (χ4n) is 2.87. The molecule has 136 valence electrons. The van der Waals surface area contributed by atoms with Gasteiger partial charge in [-0.1, -0.05) is 20.3 Å². The van der Waals surface area contributed by atoms with E-state index in [2.05, 4.69) is 5.32 Å². The molecule has 0 unspecified atom stereocenters. The van der Waals surface area contributed by atoms with Crippen molar-refractivity contribution in [2.45, 2.75) is 26.3 Å². The first-order chi connectivity index (χ1) is 11.8. The minimum absolute atomic E-state index is 0.180. The molecule has 1 aromatic carbocycles. The first-order valence-electron chi connectivity index (χ1n) is 8.09. The van der Waals surface area contributed by atoms with Crippen LogP contribution in [0.15, 0.2) is 18.2 Å². The van der Waals surface area contributed by atoms with Crippen molar-refractivity contribution < 1.29 is 24.2 Å². The number of carbonyl (C=O) groups excluding carboxylic acids is 1. The molecular formula is C18H24N2O5. The van der Waals surface area contributed by atoms with Crippen LogP contribution in [0.25, 0.3) is 10.9 Å². The third-order valence-corrected chi connectivity index (χ3v) is 4.56. The molecule has 1 aromatic heterocycles. The zero-order valence-electron chi connectivity index (χ0n) is 15.1. The molecule has 2 atom stereocenters. The van der Waals surface area contributed by atoms with Gasteiger partial charge in [0.05, 0.1) is 19.7 Å². The average molecular weight is 348 g/mol. The van der Waals surface area contributed by atoms with Gasteiger partial charge in [0, 0.05) is 12.4 Å². The lowest BCUT2D eigenvalue weighted by Gasteiger charge is -2.20. The summed E-state index contributed by atoms with van der Waals surface area (Å²) in [5.41, 5.74) is 1.05. The Labute approximate surface area is 146 Å². The highest BCUT2D eigenvalue weighted by Gasteiger charge is 2.27. The van der Waals surface area contributed by atoms with Crippen LogP contribution in [-0.4, -0.2) is 41.8 Å². The fourth-order valence-corrected chi connectivity index (χ4v) is 2.87. The van der Waals surface area contributed by atoms with Crippen molar-refractivity contribution in [2.24, 2.45) is 13.0 Å². The number of amides is 1. The molecule has 0 bridgehead atoms. The smallest absolute Gasteiger partial charge is 0.326 e. The first kappa shape index (κ1) is 18.6. The second-order valence-corrected chi connectivity index (χ2v) is 6.00. The lowest BCUT2D eigenvalue weighted by Crippen LogP contribution is -2.45. The molecular weight excluding hydrogens is 324 g/mol. The van der Waals surface area contributed by atoms with Crippen molar-refractivity contribution in [2.75, 3.05) is 14.2 Å². The van der Waals surface area contributed by atoms with Crippen LogP contribution in [0.1, 0.15) is 30.8 Å². The summed E-state index contributed by atoms with van der Waals surface area (Å²) in [5, 5.41) is 12.7. The van der Waals surface area contributed by atoms with Crippen LogP contribution >= 0.6 is 0 Å². The number of hydrogen-bond donors (Lipinski definition) is 2. The summed E-state index contributed by atoms with van der Waals surface area (Å²) in [6, 6.07) is 4.27. The van der Waals surface area contributed by atoms with Gasteiger partial charge >= 0.3 is 5.97 Å². The van der Waals surface area contributed by atoms with Crippen molar-refractivity contribution in [1.82, 2.24) is 9.88 Å². The van der Waals surface area contributed by atoms with E-state index in [1.54, 1.807) is 51.0 Å². The summed E-state index contributed by atoms with van der Waals surface area (Å²) in [7, 11) is 4.84. The number of aromatic nitrogens is 1. The second-order valence-electron chi connectivity index (χ2n) is 6.00. The molecule has 0 fully saturated rings. The van der Waals surface area contributed by atoms with Gasteiger partial charge in [0.2, 0.25) is 0 Å². The molecule has 0 aliphatic rings. The summed E-state index contributed by atoms with van der Waals surface area (Å²) >= 11 is 0. The van der Waals surface area contributed by atoms with Crippen LogP contribution < -0.4 is 14.8 Å². The van der Waals surface area contributed by atoms with Gasteiger partial charge in [-0.25, -0.2) is 4.79 Å². The summed E-state index contributed by atoms with van der Waals surface area (Å²) in [5.74, 6) is -0.455. The molecule has 0 aliphatic carbocycles. The molecule has 0 saturated carbocycles. The zero-order valence-corrected chi connectivity index (χ0v) is 15.1. The van der Waals surface area contributed by atoms with E-state index >= 15 is 0 Å². The molecule has 0 spiro atoms. The van der Waals surface area contributed by atoms with Crippen LogP contribution in [0.5, 0.6) is 11.5 Å². The number of hydrogen-bond acceptors (Lipinski definition) is 4. The van der Waals surface area contributed by atoms with Crippen molar-refractivity contribution >= 4 is 22.8 Å². The van der Waals surface area contributed by atoms with Crippen LogP contribution in [0.2, 0.25) is 0 Å². The molecule has 7 nitrogen and oxygen atoms in total. The molecule has 2 N–H and O–H groups in total. The molecule has 2 rings (SSSR count). The largest absolute Gasteiger partial charge is 0.496 e. The Hall–Kier alpha value is -2.70. The van der Waals surface area contributed by atoms with Gasteiger partial charge in [-0.05, 0) is 24.1 Å². The zero-order chi connectivity index (χ0) is 18.7. The Morgan fingerprint density at radius 3 is 2.36 bits per heavy atom. The number of carboxylic acid groups (broad SMARTS) is 1. The maximum Gasteiger partial charge on any atom is 0.326 e. The molecule has 1 heterocycles. The number of methoxy groups -OCH3 is 2. The normalized spacial score (nSPS) is 13.3. The second kappa shape index (κ2) is 7.46. The van der Waals surface area contributed by atoms with Crippen molar-refractivity contribution in [3.05, 3.63) is 23.9 Å². The van der Waals surface area contributed by atoms with E-state index in [0.717, 1.165) is 5.39 Å². The number of benzene rings is 1. The van der Waals surface area contributed by atoms with E-state index < -0.39 is 17.9 Å².